The number of alkyl halides is 2. The number of hydrogen-bond donors (Lipinski definition) is 1. The van der Waals surface area contributed by atoms with Crippen LogP contribution >= 0.6 is 15.9 Å². The van der Waals surface area contributed by atoms with Crippen LogP contribution in [0.4, 0.5) is 8.78 Å². The predicted molar refractivity (Wildman–Crippen MR) is 90.5 cm³/mol. The molecule has 0 bridgehead atoms. The quantitative estimate of drug-likeness (QED) is 0.512. The molecular formula is C16H20BrF2N3. The van der Waals surface area contributed by atoms with Crippen LogP contribution in [0.25, 0.3) is 0 Å². The van der Waals surface area contributed by atoms with E-state index in [0.29, 0.717) is 12.8 Å². The van der Waals surface area contributed by atoms with Gasteiger partial charge in [-0.15, -0.1) is 0 Å². The summed E-state index contributed by atoms with van der Waals surface area (Å²) in [6.45, 7) is 3.40. The number of pyridine rings is 1. The molecular weight excluding hydrogens is 352 g/mol. The zero-order chi connectivity index (χ0) is 16.6. The molecule has 0 aliphatic heterocycles. The van der Waals surface area contributed by atoms with E-state index in [0.717, 1.165) is 22.8 Å². The molecule has 22 heavy (non-hydrogen) atoms. The third-order valence-electron chi connectivity index (χ3n) is 3.07. The van der Waals surface area contributed by atoms with E-state index in [9.17, 15) is 8.78 Å². The molecule has 1 atom stereocenters. The number of halogens is 3. The van der Waals surface area contributed by atoms with Crippen LogP contribution in [0.3, 0.4) is 0 Å². The lowest BCUT2D eigenvalue weighted by atomic mass is 10.1. The first kappa shape index (κ1) is 18.6. The van der Waals surface area contributed by atoms with Crippen molar-refractivity contribution in [2.75, 3.05) is 0 Å². The fourth-order valence-corrected chi connectivity index (χ4v) is 2.30. The van der Waals surface area contributed by atoms with Crippen LogP contribution < -0.4 is 0 Å². The minimum absolute atomic E-state index is 0.00261. The average molecular weight is 372 g/mol. The molecule has 1 rings (SSSR count). The second-order valence-corrected chi connectivity index (χ2v) is 6.07. The van der Waals surface area contributed by atoms with Gasteiger partial charge < -0.3 is 5.41 Å². The Bertz CT molecular complexity index is 535. The maximum atomic E-state index is 13.7. The Balaban J connectivity index is 2.71. The summed E-state index contributed by atoms with van der Waals surface area (Å²) < 4.78 is 28.1. The van der Waals surface area contributed by atoms with Gasteiger partial charge in [-0.3, -0.25) is 9.98 Å². The van der Waals surface area contributed by atoms with Gasteiger partial charge in [0.15, 0.2) is 0 Å². The first-order chi connectivity index (χ1) is 10.4. The van der Waals surface area contributed by atoms with Gasteiger partial charge in [0.05, 0.1) is 10.7 Å². The number of allylic oxidation sites excluding steroid dienone is 2. The van der Waals surface area contributed by atoms with E-state index in [-0.39, 0.29) is 11.6 Å². The van der Waals surface area contributed by atoms with E-state index in [1.54, 1.807) is 13.0 Å². The second kappa shape index (κ2) is 8.88. The third kappa shape index (κ3) is 6.13. The lowest BCUT2D eigenvalue weighted by molar-refractivity contribution is 0.0516. The van der Waals surface area contributed by atoms with Crippen molar-refractivity contribution >= 4 is 26.8 Å². The molecule has 120 valence electrons. The van der Waals surface area contributed by atoms with Crippen molar-refractivity contribution in [2.45, 2.75) is 45.1 Å². The molecule has 0 aliphatic rings. The molecule has 1 aromatic rings. The Kier molecular flexibility index (Phi) is 7.51. The Morgan fingerprint density at radius 1 is 1.50 bits per heavy atom. The van der Waals surface area contributed by atoms with Gasteiger partial charge in [0.2, 0.25) is 0 Å². The second-order valence-electron chi connectivity index (χ2n) is 4.92. The first-order valence-electron chi connectivity index (χ1n) is 7.05. The van der Waals surface area contributed by atoms with Crippen LogP contribution in [-0.2, 0) is 12.3 Å². The summed E-state index contributed by atoms with van der Waals surface area (Å²) in [5, 5.41) is 7.18. The van der Waals surface area contributed by atoms with Gasteiger partial charge in [-0.25, -0.2) is 0 Å². The summed E-state index contributed by atoms with van der Waals surface area (Å²) in [4.78, 5) is 8.50. The average Bonchev–Trinajstić information content (AvgIpc) is 2.45. The number of aliphatic imine (C=N–C) groups is 1. The highest BCUT2D eigenvalue weighted by Gasteiger charge is 2.27. The van der Waals surface area contributed by atoms with Crippen LogP contribution in [0.2, 0.25) is 0 Å². The Labute approximate surface area is 138 Å². The number of hydrogen-bond acceptors (Lipinski definition) is 3. The van der Waals surface area contributed by atoms with Gasteiger partial charge in [-0.1, -0.05) is 6.08 Å². The van der Waals surface area contributed by atoms with Crippen LogP contribution in [0.5, 0.6) is 0 Å². The Morgan fingerprint density at radius 3 is 2.73 bits per heavy atom. The molecule has 3 nitrogen and oxygen atoms in total. The topological polar surface area (TPSA) is 49.1 Å². The van der Waals surface area contributed by atoms with Gasteiger partial charge in [-0.05, 0) is 67.0 Å². The van der Waals surface area contributed by atoms with Gasteiger partial charge in [-0.2, -0.15) is 8.78 Å². The standard InChI is InChI=1S/C16H20BrF2N3/c1-3-9-16(18,19)13-4-5-14(21-11-13)6-7-15(8-10-20)22-12(2)17/h3-5,9-11,15,20H,6-8H2,1-2H3/b9-3+,20-10?,22-12+. The number of aryl methyl sites for hydroxylation is 1. The summed E-state index contributed by atoms with van der Waals surface area (Å²) in [7, 11) is 0. The lowest BCUT2D eigenvalue weighted by Crippen LogP contribution is -2.11. The highest BCUT2D eigenvalue weighted by atomic mass is 79.9. The predicted octanol–water partition coefficient (Wildman–Crippen LogP) is 4.90. The van der Waals surface area contributed by atoms with Crippen molar-refractivity contribution in [1.29, 1.82) is 5.41 Å². The summed E-state index contributed by atoms with van der Waals surface area (Å²) >= 11 is 3.29. The lowest BCUT2D eigenvalue weighted by Gasteiger charge is -2.13. The molecule has 1 unspecified atom stereocenters. The molecule has 0 spiro atoms. The smallest absolute Gasteiger partial charge is 0.293 e. The molecule has 0 aliphatic carbocycles. The first-order valence-corrected chi connectivity index (χ1v) is 7.84. The summed E-state index contributed by atoms with van der Waals surface area (Å²) in [6, 6.07) is 3.04. The van der Waals surface area contributed by atoms with Crippen molar-refractivity contribution in [3.63, 3.8) is 0 Å². The van der Waals surface area contributed by atoms with E-state index >= 15 is 0 Å². The van der Waals surface area contributed by atoms with Crippen molar-refractivity contribution in [3.05, 3.63) is 41.7 Å². The number of nitrogens with one attached hydrogen (secondary N) is 1. The maximum Gasteiger partial charge on any atom is 0.293 e. The summed E-state index contributed by atoms with van der Waals surface area (Å²) in [5.74, 6) is -2.99. The van der Waals surface area contributed by atoms with Gasteiger partial charge in [0.25, 0.3) is 5.92 Å². The zero-order valence-electron chi connectivity index (χ0n) is 12.7. The van der Waals surface area contributed by atoms with Gasteiger partial charge in [0, 0.05) is 23.9 Å². The van der Waals surface area contributed by atoms with Crippen molar-refractivity contribution in [1.82, 2.24) is 4.98 Å². The Morgan fingerprint density at radius 2 is 2.23 bits per heavy atom. The molecule has 0 amide bonds. The van der Waals surface area contributed by atoms with E-state index in [1.165, 1.54) is 24.6 Å². The summed E-state index contributed by atoms with van der Waals surface area (Å²) in [5.41, 5.74) is 0.636. The molecule has 0 fully saturated rings. The molecule has 0 saturated heterocycles. The largest absolute Gasteiger partial charge is 0.313 e. The number of aromatic nitrogens is 1. The maximum absolute atomic E-state index is 13.7. The third-order valence-corrected chi connectivity index (χ3v) is 3.27. The van der Waals surface area contributed by atoms with Gasteiger partial charge in [0.1, 0.15) is 0 Å². The molecule has 1 N–H and O–H groups in total. The molecule has 0 saturated carbocycles. The van der Waals surface area contributed by atoms with Gasteiger partial charge >= 0.3 is 0 Å². The van der Waals surface area contributed by atoms with Crippen molar-refractivity contribution < 1.29 is 8.78 Å². The molecule has 1 heterocycles. The SMILES string of the molecule is C/C=C/C(F)(F)c1ccc(CCC(CC=N)/N=C(\C)Br)nc1. The fourth-order valence-electron chi connectivity index (χ4n) is 2.01. The van der Waals surface area contributed by atoms with Crippen LogP contribution in [-0.4, -0.2) is 21.9 Å². The Hall–Kier alpha value is -1.43. The van der Waals surface area contributed by atoms with Crippen molar-refractivity contribution in [2.24, 2.45) is 4.99 Å². The van der Waals surface area contributed by atoms with Crippen LogP contribution in [0.1, 0.15) is 37.9 Å². The number of nitrogens with zero attached hydrogens (tertiary/aromatic N) is 2. The normalized spacial score (nSPS) is 14.3. The van der Waals surface area contributed by atoms with Crippen LogP contribution in [0.15, 0.2) is 35.5 Å². The highest BCUT2D eigenvalue weighted by Crippen LogP contribution is 2.28. The van der Waals surface area contributed by atoms with E-state index in [1.807, 2.05) is 6.92 Å². The zero-order valence-corrected chi connectivity index (χ0v) is 14.3. The highest BCUT2D eigenvalue weighted by molar-refractivity contribution is 9.18. The summed E-state index contributed by atoms with van der Waals surface area (Å²) in [6.07, 6.45) is 6.65. The van der Waals surface area contributed by atoms with E-state index in [2.05, 4.69) is 25.9 Å². The molecule has 1 aromatic heterocycles. The van der Waals surface area contributed by atoms with Crippen molar-refractivity contribution in [3.8, 4) is 0 Å². The molecule has 6 heteroatoms. The monoisotopic (exact) mass is 371 g/mol. The minimum Gasteiger partial charge on any atom is -0.313 e. The van der Waals surface area contributed by atoms with Crippen LogP contribution in [0, 0.1) is 5.41 Å². The minimum atomic E-state index is -2.99. The fraction of sp³-hybridized carbons (Fsp3) is 0.438. The van der Waals surface area contributed by atoms with E-state index < -0.39 is 5.92 Å². The molecule has 0 radical (unpaired) electrons. The van der Waals surface area contributed by atoms with E-state index in [4.69, 9.17) is 5.41 Å². The number of rotatable bonds is 8. The molecule has 0 aromatic carbocycles.